The molecule has 0 spiro atoms. The highest BCUT2D eigenvalue weighted by molar-refractivity contribution is 6.10. The van der Waals surface area contributed by atoms with Crippen molar-refractivity contribution in [3.05, 3.63) is 76.4 Å². The molecule has 2 aliphatic heterocycles. The predicted octanol–water partition coefficient (Wildman–Crippen LogP) is 5.43. The van der Waals surface area contributed by atoms with Gasteiger partial charge in [0.05, 0.1) is 12.1 Å². The van der Waals surface area contributed by atoms with E-state index < -0.39 is 35.2 Å². The summed E-state index contributed by atoms with van der Waals surface area (Å²) in [4.78, 5) is 16.1. The summed E-state index contributed by atoms with van der Waals surface area (Å²) in [5, 5.41) is 7.20. The Morgan fingerprint density at radius 1 is 1.13 bits per heavy atom. The van der Waals surface area contributed by atoms with Crippen LogP contribution in [0.4, 0.5) is 32.0 Å². The van der Waals surface area contributed by atoms with E-state index in [1.807, 2.05) is 0 Å². The number of rotatable bonds is 6. The van der Waals surface area contributed by atoms with Gasteiger partial charge in [-0.15, -0.1) is 10.2 Å². The third-order valence-corrected chi connectivity index (χ3v) is 7.09. The molecule has 1 fully saturated rings. The number of anilines is 1. The highest BCUT2D eigenvalue weighted by Gasteiger charge is 2.44. The SMILES string of the molecule is Cn1cnnc1[C@H](F)[C@](C)(F)c1cccc(N2Cc3c(cc(CN4CC(C)(F)C4)cc3C(F)(F)F)C2=O)c1. The standard InChI is InChI=1S/C26H25F6N5O/c1-24(28)12-36(13-24)10-15-7-18-19(20(8-15)26(30,31)32)11-37(23(18)38)17-6-4-5-16(9-17)25(2,29)21(27)22-34-33-14-35(22)3/h4-9,14,21H,10-13H2,1-3H3/t21-,25+/m0/s1. The van der Waals surface area contributed by atoms with Crippen LogP contribution in [0, 0.1) is 0 Å². The van der Waals surface area contributed by atoms with Crippen molar-refractivity contribution >= 4 is 11.6 Å². The quantitative estimate of drug-likeness (QED) is 0.394. The minimum Gasteiger partial charge on any atom is -0.318 e. The molecule has 3 heterocycles. The molecular formula is C26H25F6N5O. The van der Waals surface area contributed by atoms with Crippen LogP contribution in [0.25, 0.3) is 0 Å². The zero-order chi connectivity index (χ0) is 27.6. The van der Waals surface area contributed by atoms with Crippen LogP contribution >= 0.6 is 0 Å². The first kappa shape index (κ1) is 26.2. The lowest BCUT2D eigenvalue weighted by atomic mass is 9.92. The Hall–Kier alpha value is -3.41. The van der Waals surface area contributed by atoms with E-state index in [2.05, 4.69) is 10.2 Å². The normalized spacial score (nSPS) is 19.7. The molecule has 3 aromatic rings. The van der Waals surface area contributed by atoms with Crippen molar-refractivity contribution in [2.75, 3.05) is 18.0 Å². The van der Waals surface area contributed by atoms with Crippen molar-refractivity contribution in [2.45, 2.75) is 50.6 Å². The molecule has 0 unspecified atom stereocenters. The van der Waals surface area contributed by atoms with Crippen molar-refractivity contribution in [2.24, 2.45) is 7.05 Å². The molecule has 1 amide bonds. The van der Waals surface area contributed by atoms with E-state index in [1.165, 1.54) is 55.2 Å². The van der Waals surface area contributed by atoms with E-state index in [4.69, 9.17) is 0 Å². The summed E-state index contributed by atoms with van der Waals surface area (Å²) in [6.07, 6.45) is -5.68. The Morgan fingerprint density at radius 3 is 2.45 bits per heavy atom. The van der Waals surface area contributed by atoms with Gasteiger partial charge in [0.2, 0.25) is 0 Å². The lowest BCUT2D eigenvalue weighted by Gasteiger charge is -2.42. The fourth-order valence-corrected chi connectivity index (χ4v) is 5.17. The summed E-state index contributed by atoms with van der Waals surface area (Å²) in [7, 11) is 1.47. The van der Waals surface area contributed by atoms with Gasteiger partial charge in [-0.2, -0.15) is 13.2 Å². The summed E-state index contributed by atoms with van der Waals surface area (Å²) < 4.78 is 88.0. The Bertz CT molecular complexity index is 1390. The van der Waals surface area contributed by atoms with Crippen molar-refractivity contribution in [1.82, 2.24) is 19.7 Å². The Kier molecular flexibility index (Phi) is 6.08. The van der Waals surface area contributed by atoms with Gasteiger partial charge in [0.1, 0.15) is 12.0 Å². The van der Waals surface area contributed by atoms with Gasteiger partial charge < -0.3 is 9.47 Å². The number of fused-ring (bicyclic) bond motifs is 1. The number of hydrogen-bond acceptors (Lipinski definition) is 4. The first-order chi connectivity index (χ1) is 17.7. The Balaban J connectivity index is 1.46. The maximum atomic E-state index is 15.7. The molecule has 2 atom stereocenters. The monoisotopic (exact) mass is 537 g/mol. The second-order valence-corrected chi connectivity index (χ2v) is 10.4. The number of hydrogen-bond donors (Lipinski definition) is 0. The molecule has 0 bridgehead atoms. The van der Waals surface area contributed by atoms with Crippen molar-refractivity contribution in [3.8, 4) is 0 Å². The van der Waals surface area contributed by atoms with E-state index in [0.29, 0.717) is 0 Å². The summed E-state index contributed by atoms with van der Waals surface area (Å²) in [5.41, 5.74) is -4.95. The third-order valence-electron chi connectivity index (χ3n) is 7.09. The van der Waals surface area contributed by atoms with Crippen LogP contribution in [0.2, 0.25) is 0 Å². The Morgan fingerprint density at radius 2 is 1.84 bits per heavy atom. The smallest absolute Gasteiger partial charge is 0.318 e. The minimum absolute atomic E-state index is 0.0682. The molecule has 2 aromatic carbocycles. The van der Waals surface area contributed by atoms with Crippen molar-refractivity contribution in [3.63, 3.8) is 0 Å². The van der Waals surface area contributed by atoms with Crippen LogP contribution in [0.15, 0.2) is 42.7 Å². The van der Waals surface area contributed by atoms with Gasteiger partial charge in [-0.25, -0.2) is 13.2 Å². The first-order valence-electron chi connectivity index (χ1n) is 11.9. The lowest BCUT2D eigenvalue weighted by Crippen LogP contribution is -2.56. The predicted molar refractivity (Wildman–Crippen MR) is 127 cm³/mol. The topological polar surface area (TPSA) is 54.3 Å². The van der Waals surface area contributed by atoms with Crippen LogP contribution in [-0.2, 0) is 32.0 Å². The molecule has 6 nitrogen and oxygen atoms in total. The molecule has 202 valence electrons. The third kappa shape index (κ3) is 4.55. The summed E-state index contributed by atoms with van der Waals surface area (Å²) in [5.74, 6) is -0.920. The lowest BCUT2D eigenvalue weighted by molar-refractivity contribution is -0.138. The Labute approximate surface area is 214 Å². The van der Waals surface area contributed by atoms with Crippen molar-refractivity contribution in [1.29, 1.82) is 0 Å². The molecular weight excluding hydrogens is 512 g/mol. The van der Waals surface area contributed by atoms with Gasteiger partial charge in [-0.1, -0.05) is 12.1 Å². The zero-order valence-electron chi connectivity index (χ0n) is 20.9. The number of aromatic nitrogens is 3. The van der Waals surface area contributed by atoms with Crippen molar-refractivity contribution < 1.29 is 31.1 Å². The fourth-order valence-electron chi connectivity index (χ4n) is 5.17. The second kappa shape index (κ2) is 8.82. The highest BCUT2D eigenvalue weighted by Crippen LogP contribution is 2.44. The molecule has 0 saturated carbocycles. The zero-order valence-corrected chi connectivity index (χ0v) is 20.9. The number of carbonyl (C=O) groups is 1. The van der Waals surface area contributed by atoms with Crippen LogP contribution < -0.4 is 4.90 Å². The van der Waals surface area contributed by atoms with Crippen LogP contribution in [0.1, 0.15) is 58.5 Å². The number of carbonyl (C=O) groups excluding carboxylic acids is 1. The van der Waals surface area contributed by atoms with E-state index in [-0.39, 0.29) is 59.9 Å². The molecule has 2 aliphatic rings. The molecule has 0 radical (unpaired) electrons. The molecule has 12 heteroatoms. The van der Waals surface area contributed by atoms with Gasteiger partial charge in [-0.3, -0.25) is 9.69 Å². The number of aryl methyl sites for hydroxylation is 1. The summed E-state index contributed by atoms with van der Waals surface area (Å²) in [6, 6.07) is 7.85. The second-order valence-electron chi connectivity index (χ2n) is 10.4. The van der Waals surface area contributed by atoms with E-state index in [1.54, 1.807) is 4.90 Å². The number of halogens is 6. The molecule has 0 aliphatic carbocycles. The van der Waals surface area contributed by atoms with Gasteiger partial charge in [0.15, 0.2) is 17.7 Å². The minimum atomic E-state index is -4.73. The molecule has 1 aromatic heterocycles. The van der Waals surface area contributed by atoms with Gasteiger partial charge in [0.25, 0.3) is 5.91 Å². The van der Waals surface area contributed by atoms with E-state index in [9.17, 15) is 22.4 Å². The average Bonchev–Trinajstić information content (AvgIpc) is 3.39. The number of nitrogens with zero attached hydrogens (tertiary/aromatic N) is 5. The number of benzene rings is 2. The first-order valence-corrected chi connectivity index (χ1v) is 11.9. The van der Waals surface area contributed by atoms with Gasteiger partial charge in [0, 0.05) is 37.9 Å². The van der Waals surface area contributed by atoms with Crippen LogP contribution in [0.5, 0.6) is 0 Å². The molecule has 38 heavy (non-hydrogen) atoms. The van der Waals surface area contributed by atoms with E-state index in [0.717, 1.165) is 17.9 Å². The molecule has 1 saturated heterocycles. The maximum Gasteiger partial charge on any atom is 0.416 e. The maximum absolute atomic E-state index is 15.7. The van der Waals surface area contributed by atoms with Gasteiger partial charge >= 0.3 is 6.18 Å². The number of likely N-dealkylation sites (tertiary alicyclic amines) is 1. The number of amides is 1. The van der Waals surface area contributed by atoms with Crippen LogP contribution in [-0.4, -0.2) is 44.3 Å². The summed E-state index contributed by atoms with van der Waals surface area (Å²) in [6.45, 7) is 2.30. The summed E-state index contributed by atoms with van der Waals surface area (Å²) >= 11 is 0. The molecule has 0 N–H and O–H groups in total. The molecule has 5 rings (SSSR count). The van der Waals surface area contributed by atoms with E-state index >= 15 is 8.78 Å². The number of alkyl halides is 6. The largest absolute Gasteiger partial charge is 0.416 e. The van der Waals surface area contributed by atoms with Gasteiger partial charge in [-0.05, 0) is 54.8 Å². The van der Waals surface area contributed by atoms with Crippen LogP contribution in [0.3, 0.4) is 0 Å². The fraction of sp³-hybridized carbons (Fsp3) is 0.423. The average molecular weight is 538 g/mol. The highest BCUT2D eigenvalue weighted by atomic mass is 19.4.